The van der Waals surface area contributed by atoms with E-state index in [1.165, 1.54) is 0 Å². The zero-order chi connectivity index (χ0) is 11.2. The molecular weight excluding hydrogens is 225 g/mol. The Morgan fingerprint density at radius 3 is 2.43 bits per heavy atom. The Bertz CT molecular complexity index is 216. The molecule has 0 aliphatic heterocycles. The van der Waals surface area contributed by atoms with E-state index in [0.717, 1.165) is 0 Å². The van der Waals surface area contributed by atoms with Gasteiger partial charge in [0.25, 0.3) is 11.1 Å². The summed E-state index contributed by atoms with van der Waals surface area (Å²) in [5, 5.41) is 0. The first-order valence-corrected chi connectivity index (χ1v) is 4.73. The Morgan fingerprint density at radius 1 is 1.43 bits per heavy atom. The number of hydrogen-bond donors (Lipinski definition) is 0. The average Bonchev–Trinajstić information content (AvgIpc) is 2.09. The van der Waals surface area contributed by atoms with Gasteiger partial charge in [-0.1, -0.05) is 6.92 Å². The number of alkyl halides is 3. The number of hydrogen-bond acceptors (Lipinski definition) is 4. The van der Waals surface area contributed by atoms with Crippen molar-refractivity contribution in [3.05, 3.63) is 0 Å². The van der Waals surface area contributed by atoms with Crippen LogP contribution in [0.1, 0.15) is 13.3 Å². The van der Waals surface area contributed by atoms with E-state index in [1.807, 2.05) is 0 Å². The molecule has 0 fully saturated rings. The summed E-state index contributed by atoms with van der Waals surface area (Å²) in [5.41, 5.74) is -4.97. The van der Waals surface area contributed by atoms with Crippen molar-refractivity contribution in [2.75, 3.05) is 13.2 Å². The van der Waals surface area contributed by atoms with E-state index in [4.69, 9.17) is 0 Å². The first-order chi connectivity index (χ1) is 6.38. The highest BCUT2D eigenvalue weighted by Crippen LogP contribution is 2.20. The Kier molecular flexibility index (Phi) is 5.70. The van der Waals surface area contributed by atoms with Gasteiger partial charge in [0.15, 0.2) is 6.61 Å². The largest absolute Gasteiger partial charge is 0.497 e. The summed E-state index contributed by atoms with van der Waals surface area (Å²) in [7, 11) is 0. The number of ether oxygens (including phenoxy) is 1. The van der Waals surface area contributed by atoms with Gasteiger partial charge < -0.3 is 4.74 Å². The molecule has 0 aromatic carbocycles. The van der Waals surface area contributed by atoms with Gasteiger partial charge in [-0.15, -0.1) is 0 Å². The van der Waals surface area contributed by atoms with Crippen LogP contribution >= 0.6 is 0 Å². The van der Waals surface area contributed by atoms with Gasteiger partial charge >= 0.3 is 11.5 Å². The first kappa shape index (κ1) is 13.4. The summed E-state index contributed by atoms with van der Waals surface area (Å²) in [6.45, 7) is 0.856. The number of esters is 1. The Hall–Kier alpha value is -0.630. The molecule has 0 saturated heterocycles. The molecule has 0 spiro atoms. The molecule has 1 atom stereocenters. The van der Waals surface area contributed by atoms with Gasteiger partial charge in [0.1, 0.15) is 0 Å². The zero-order valence-corrected chi connectivity index (χ0v) is 8.11. The first-order valence-electron chi connectivity index (χ1n) is 3.65. The number of rotatable bonds is 5. The van der Waals surface area contributed by atoms with Crippen LogP contribution in [0.4, 0.5) is 13.2 Å². The van der Waals surface area contributed by atoms with E-state index >= 15 is 0 Å². The van der Waals surface area contributed by atoms with Crippen molar-refractivity contribution in [1.29, 1.82) is 0 Å². The van der Waals surface area contributed by atoms with E-state index in [-0.39, 0.29) is 6.61 Å². The topological polar surface area (TPSA) is 52.6 Å². The van der Waals surface area contributed by atoms with Crippen LogP contribution in [0.15, 0.2) is 0 Å². The van der Waals surface area contributed by atoms with E-state index in [2.05, 4.69) is 8.92 Å². The molecule has 84 valence electrons. The van der Waals surface area contributed by atoms with Crippen molar-refractivity contribution in [1.82, 2.24) is 0 Å². The van der Waals surface area contributed by atoms with E-state index in [0.29, 0.717) is 6.42 Å². The lowest BCUT2D eigenvalue weighted by molar-refractivity contribution is -0.146. The summed E-state index contributed by atoms with van der Waals surface area (Å²) in [5.74, 6) is -0.968. The van der Waals surface area contributed by atoms with Gasteiger partial charge in [-0.25, -0.2) is 9.00 Å². The lowest BCUT2D eigenvalue weighted by atomic mass is 10.5. The predicted molar refractivity (Wildman–Crippen MR) is 41.4 cm³/mol. The second-order valence-electron chi connectivity index (χ2n) is 2.16. The smallest absolute Gasteiger partial charge is 0.464 e. The fraction of sp³-hybridized carbons (Fsp3) is 0.833. The molecule has 0 aromatic rings. The minimum absolute atomic E-state index is 0.0981. The number of carbonyl (C=O) groups excluding carboxylic acids is 1. The van der Waals surface area contributed by atoms with Crippen molar-refractivity contribution in [2.24, 2.45) is 0 Å². The fourth-order valence-corrected chi connectivity index (χ4v) is 0.763. The number of halogens is 3. The van der Waals surface area contributed by atoms with E-state index in [1.54, 1.807) is 6.92 Å². The molecule has 1 unspecified atom stereocenters. The van der Waals surface area contributed by atoms with Crippen molar-refractivity contribution in [2.45, 2.75) is 18.9 Å². The molecule has 0 rings (SSSR count). The van der Waals surface area contributed by atoms with Crippen LogP contribution < -0.4 is 0 Å². The summed E-state index contributed by atoms with van der Waals surface area (Å²) in [4.78, 5) is 10.6. The van der Waals surface area contributed by atoms with Crippen LogP contribution in [0.3, 0.4) is 0 Å². The second-order valence-corrected chi connectivity index (χ2v) is 3.33. The standard InChI is InChI=1S/C6H9F3O4S/c1-2-3-12-5(10)4-13-14(11)6(7,8)9/h2-4H2,1H3. The lowest BCUT2D eigenvalue weighted by Crippen LogP contribution is -2.22. The molecule has 4 nitrogen and oxygen atoms in total. The minimum Gasteiger partial charge on any atom is -0.464 e. The Balaban J connectivity index is 3.73. The van der Waals surface area contributed by atoms with Crippen molar-refractivity contribution in [3.63, 3.8) is 0 Å². The molecule has 0 radical (unpaired) electrons. The highest BCUT2D eigenvalue weighted by molar-refractivity contribution is 7.81. The van der Waals surface area contributed by atoms with Crippen LogP contribution in [0.5, 0.6) is 0 Å². The van der Waals surface area contributed by atoms with Crippen LogP contribution in [-0.2, 0) is 24.8 Å². The van der Waals surface area contributed by atoms with Crippen LogP contribution in [0.25, 0.3) is 0 Å². The van der Waals surface area contributed by atoms with E-state index in [9.17, 15) is 22.2 Å². The Morgan fingerprint density at radius 2 is 2.00 bits per heavy atom. The van der Waals surface area contributed by atoms with Gasteiger partial charge in [-0.05, 0) is 6.42 Å². The maximum absolute atomic E-state index is 11.6. The molecule has 0 aromatic heterocycles. The molecule has 0 aliphatic carbocycles. The van der Waals surface area contributed by atoms with Crippen LogP contribution in [-0.4, -0.2) is 28.9 Å². The third-order valence-corrected chi connectivity index (χ3v) is 1.65. The maximum atomic E-state index is 11.6. The zero-order valence-electron chi connectivity index (χ0n) is 7.30. The molecule has 14 heavy (non-hydrogen) atoms. The third kappa shape index (κ3) is 5.92. The minimum atomic E-state index is -4.97. The lowest BCUT2D eigenvalue weighted by Gasteiger charge is -2.05. The summed E-state index contributed by atoms with van der Waals surface area (Å²) < 4.78 is 53.0. The summed E-state index contributed by atoms with van der Waals surface area (Å²) >= 11 is -3.46. The SMILES string of the molecule is CCCOC(=O)COS(=O)C(F)(F)F. The molecule has 0 bridgehead atoms. The van der Waals surface area contributed by atoms with Gasteiger partial charge in [-0.3, -0.25) is 4.18 Å². The molecule has 0 N–H and O–H groups in total. The molecule has 0 amide bonds. The quantitative estimate of drug-likeness (QED) is 0.669. The second kappa shape index (κ2) is 5.97. The highest BCUT2D eigenvalue weighted by Gasteiger charge is 2.39. The van der Waals surface area contributed by atoms with Crippen molar-refractivity contribution >= 4 is 17.0 Å². The predicted octanol–water partition coefficient (Wildman–Crippen LogP) is 1.14. The molecule has 0 aliphatic rings. The maximum Gasteiger partial charge on any atom is 0.497 e. The van der Waals surface area contributed by atoms with Gasteiger partial charge in [-0.2, -0.15) is 13.2 Å². The van der Waals surface area contributed by atoms with Gasteiger partial charge in [0, 0.05) is 0 Å². The summed E-state index contributed by atoms with van der Waals surface area (Å²) in [6.07, 6.45) is 0.550. The normalized spacial score (nSPS) is 13.7. The average molecular weight is 234 g/mol. The summed E-state index contributed by atoms with van der Waals surface area (Å²) in [6, 6.07) is 0. The monoisotopic (exact) mass is 234 g/mol. The number of carbonyl (C=O) groups is 1. The third-order valence-electron chi connectivity index (χ3n) is 0.940. The Labute approximate surface area is 81.0 Å². The molecule has 0 heterocycles. The van der Waals surface area contributed by atoms with Crippen LogP contribution in [0.2, 0.25) is 0 Å². The van der Waals surface area contributed by atoms with Gasteiger partial charge in [0.2, 0.25) is 0 Å². The molecule has 8 heteroatoms. The van der Waals surface area contributed by atoms with Gasteiger partial charge in [0.05, 0.1) is 6.61 Å². The van der Waals surface area contributed by atoms with Crippen LogP contribution in [0, 0.1) is 0 Å². The molecule has 0 saturated carbocycles. The van der Waals surface area contributed by atoms with Crippen molar-refractivity contribution in [3.8, 4) is 0 Å². The van der Waals surface area contributed by atoms with E-state index < -0.39 is 29.2 Å². The van der Waals surface area contributed by atoms with Crippen molar-refractivity contribution < 1.29 is 31.1 Å². The fourth-order valence-electron chi connectivity index (χ4n) is 0.426. The molecular formula is C6H9F3O4S. The highest BCUT2D eigenvalue weighted by atomic mass is 32.2.